The van der Waals surface area contributed by atoms with Gasteiger partial charge in [0.15, 0.2) is 0 Å². The van der Waals surface area contributed by atoms with E-state index in [4.69, 9.17) is 4.74 Å². The number of nitrogens with one attached hydrogen (secondary N) is 2. The van der Waals surface area contributed by atoms with Gasteiger partial charge < -0.3 is 15.4 Å². The van der Waals surface area contributed by atoms with Crippen LogP contribution in [0.25, 0.3) is 0 Å². The number of benzene rings is 2. The van der Waals surface area contributed by atoms with E-state index in [0.717, 1.165) is 25.7 Å². The smallest absolute Gasteiger partial charge is 0.257 e. The van der Waals surface area contributed by atoms with Gasteiger partial charge in [-0.1, -0.05) is 37.1 Å². The van der Waals surface area contributed by atoms with Gasteiger partial charge in [-0.25, -0.2) is 0 Å². The van der Waals surface area contributed by atoms with E-state index < -0.39 is 0 Å². The first-order valence-electron chi connectivity index (χ1n) is 8.53. The van der Waals surface area contributed by atoms with E-state index in [1.54, 1.807) is 37.4 Å². The Kier molecular flexibility index (Phi) is 5.33. The van der Waals surface area contributed by atoms with E-state index in [1.165, 1.54) is 0 Å². The summed E-state index contributed by atoms with van der Waals surface area (Å²) in [5.41, 5.74) is 1.55. The van der Waals surface area contributed by atoms with Gasteiger partial charge in [0, 0.05) is 5.92 Å². The number of hydrogen-bond acceptors (Lipinski definition) is 3. The van der Waals surface area contributed by atoms with Crippen LogP contribution >= 0.6 is 0 Å². The molecule has 0 heterocycles. The minimum atomic E-state index is -0.285. The summed E-state index contributed by atoms with van der Waals surface area (Å²) in [4.78, 5) is 25.1. The summed E-state index contributed by atoms with van der Waals surface area (Å²) < 4.78 is 5.26. The predicted octanol–water partition coefficient (Wildman–Crippen LogP) is 4.08. The Morgan fingerprint density at radius 3 is 2.28 bits per heavy atom. The third kappa shape index (κ3) is 3.99. The second-order valence-corrected chi connectivity index (χ2v) is 6.17. The number of carbonyl (C=O) groups excluding carboxylic acids is 2. The third-order valence-electron chi connectivity index (χ3n) is 4.51. The number of hydrogen-bond donors (Lipinski definition) is 2. The molecule has 5 nitrogen and oxygen atoms in total. The Labute approximate surface area is 147 Å². The van der Waals surface area contributed by atoms with Gasteiger partial charge in [0.25, 0.3) is 5.91 Å². The van der Waals surface area contributed by atoms with Crippen LogP contribution in [0.4, 0.5) is 11.4 Å². The lowest BCUT2D eigenvalue weighted by molar-refractivity contribution is -0.119. The normalized spacial score (nSPS) is 14.1. The summed E-state index contributed by atoms with van der Waals surface area (Å²) in [6, 6.07) is 14.3. The highest BCUT2D eigenvalue weighted by atomic mass is 16.5. The molecule has 0 aliphatic heterocycles. The van der Waals surface area contributed by atoms with Crippen molar-refractivity contribution in [3.8, 4) is 5.75 Å². The van der Waals surface area contributed by atoms with Gasteiger partial charge in [-0.05, 0) is 37.1 Å². The standard InChI is InChI=1S/C20H22N2O3/c1-25-18-13-7-6-12-17(18)22-20(24)15-10-4-5-11-16(15)21-19(23)14-8-2-3-9-14/h4-7,10-14H,2-3,8-9H2,1H3,(H,21,23)(H,22,24). The fourth-order valence-corrected chi connectivity index (χ4v) is 3.15. The first-order valence-corrected chi connectivity index (χ1v) is 8.53. The lowest BCUT2D eigenvalue weighted by Gasteiger charge is -2.15. The zero-order valence-corrected chi connectivity index (χ0v) is 14.2. The van der Waals surface area contributed by atoms with Crippen molar-refractivity contribution in [3.63, 3.8) is 0 Å². The first kappa shape index (κ1) is 17.0. The fraction of sp³-hybridized carbons (Fsp3) is 0.300. The largest absolute Gasteiger partial charge is 0.495 e. The maximum atomic E-state index is 12.7. The summed E-state index contributed by atoms with van der Waals surface area (Å²) >= 11 is 0. The second-order valence-electron chi connectivity index (χ2n) is 6.17. The van der Waals surface area contributed by atoms with Gasteiger partial charge in [-0.3, -0.25) is 9.59 Å². The van der Waals surface area contributed by atoms with Gasteiger partial charge in [0.1, 0.15) is 5.75 Å². The van der Waals surface area contributed by atoms with Crippen molar-refractivity contribution in [2.45, 2.75) is 25.7 Å². The number of carbonyl (C=O) groups is 2. The molecule has 1 aliphatic rings. The summed E-state index contributed by atoms with van der Waals surface area (Å²) in [7, 11) is 1.56. The van der Waals surface area contributed by atoms with Gasteiger partial charge >= 0.3 is 0 Å². The maximum absolute atomic E-state index is 12.7. The Morgan fingerprint density at radius 1 is 0.920 bits per heavy atom. The van der Waals surface area contributed by atoms with Gasteiger partial charge in [-0.15, -0.1) is 0 Å². The van der Waals surface area contributed by atoms with Crippen molar-refractivity contribution < 1.29 is 14.3 Å². The number of para-hydroxylation sites is 3. The maximum Gasteiger partial charge on any atom is 0.257 e. The van der Waals surface area contributed by atoms with Crippen molar-refractivity contribution in [2.24, 2.45) is 5.92 Å². The van der Waals surface area contributed by atoms with E-state index in [9.17, 15) is 9.59 Å². The molecule has 1 saturated carbocycles. The van der Waals surface area contributed by atoms with Gasteiger partial charge in [-0.2, -0.15) is 0 Å². The monoisotopic (exact) mass is 338 g/mol. The molecule has 0 radical (unpaired) electrons. The molecule has 2 amide bonds. The van der Waals surface area contributed by atoms with Crippen LogP contribution in [0.15, 0.2) is 48.5 Å². The molecule has 0 aromatic heterocycles. The van der Waals surface area contributed by atoms with E-state index in [1.807, 2.05) is 18.2 Å². The van der Waals surface area contributed by atoms with Crippen LogP contribution in [0.1, 0.15) is 36.0 Å². The van der Waals surface area contributed by atoms with Crippen molar-refractivity contribution >= 4 is 23.2 Å². The number of methoxy groups -OCH3 is 1. The molecule has 1 fully saturated rings. The van der Waals surface area contributed by atoms with Crippen LogP contribution in [0.2, 0.25) is 0 Å². The minimum absolute atomic E-state index is 0.00459. The van der Waals surface area contributed by atoms with Crippen LogP contribution in [0.3, 0.4) is 0 Å². The number of ether oxygens (including phenoxy) is 1. The van der Waals surface area contributed by atoms with Crippen LogP contribution in [-0.4, -0.2) is 18.9 Å². The lowest BCUT2D eigenvalue weighted by Crippen LogP contribution is -2.23. The van der Waals surface area contributed by atoms with Crippen molar-refractivity contribution in [3.05, 3.63) is 54.1 Å². The molecular weight excluding hydrogens is 316 g/mol. The number of amides is 2. The highest BCUT2D eigenvalue weighted by molar-refractivity contribution is 6.10. The lowest BCUT2D eigenvalue weighted by atomic mass is 10.1. The predicted molar refractivity (Wildman–Crippen MR) is 98.0 cm³/mol. The number of anilines is 2. The molecule has 0 unspecified atom stereocenters. The van der Waals surface area contributed by atoms with E-state index in [2.05, 4.69) is 10.6 Å². The summed E-state index contributed by atoms with van der Waals surface area (Å²) in [6.07, 6.45) is 4.02. The van der Waals surface area contributed by atoms with Crippen molar-refractivity contribution in [1.82, 2.24) is 0 Å². The van der Waals surface area contributed by atoms with Crippen LogP contribution in [0.5, 0.6) is 5.75 Å². The quantitative estimate of drug-likeness (QED) is 0.863. The fourth-order valence-electron chi connectivity index (χ4n) is 3.15. The number of rotatable bonds is 5. The van der Waals surface area contributed by atoms with Gasteiger partial charge in [0.2, 0.25) is 5.91 Å². The van der Waals surface area contributed by atoms with Crippen LogP contribution in [0, 0.1) is 5.92 Å². The van der Waals surface area contributed by atoms with Crippen LogP contribution < -0.4 is 15.4 Å². The molecule has 2 aromatic rings. The molecule has 0 atom stereocenters. The molecule has 130 valence electrons. The molecule has 2 aromatic carbocycles. The Morgan fingerprint density at radius 2 is 1.56 bits per heavy atom. The highest BCUT2D eigenvalue weighted by Crippen LogP contribution is 2.28. The second kappa shape index (κ2) is 7.83. The summed E-state index contributed by atoms with van der Waals surface area (Å²) in [5.74, 6) is 0.343. The Bertz CT molecular complexity index is 767. The molecule has 3 rings (SSSR count). The van der Waals surface area contributed by atoms with Crippen LogP contribution in [-0.2, 0) is 4.79 Å². The molecule has 1 aliphatic carbocycles. The van der Waals surface area contributed by atoms with E-state index >= 15 is 0 Å². The topological polar surface area (TPSA) is 67.4 Å². The molecular formula is C20H22N2O3. The van der Waals surface area contributed by atoms with E-state index in [0.29, 0.717) is 22.7 Å². The molecule has 0 bridgehead atoms. The van der Waals surface area contributed by atoms with E-state index in [-0.39, 0.29) is 17.7 Å². The average Bonchev–Trinajstić information content (AvgIpc) is 3.17. The highest BCUT2D eigenvalue weighted by Gasteiger charge is 2.24. The average molecular weight is 338 g/mol. The zero-order valence-electron chi connectivity index (χ0n) is 14.2. The van der Waals surface area contributed by atoms with Crippen molar-refractivity contribution in [1.29, 1.82) is 0 Å². The van der Waals surface area contributed by atoms with Crippen molar-refractivity contribution in [2.75, 3.05) is 17.7 Å². The summed E-state index contributed by atoms with van der Waals surface area (Å²) in [5, 5.41) is 5.76. The minimum Gasteiger partial charge on any atom is -0.495 e. The van der Waals surface area contributed by atoms with Gasteiger partial charge in [0.05, 0.1) is 24.0 Å². The Balaban J connectivity index is 1.77. The molecule has 0 spiro atoms. The SMILES string of the molecule is COc1ccccc1NC(=O)c1ccccc1NC(=O)C1CCCC1. The first-order chi connectivity index (χ1) is 12.2. The summed E-state index contributed by atoms with van der Waals surface area (Å²) in [6.45, 7) is 0. The Hall–Kier alpha value is -2.82. The zero-order chi connectivity index (χ0) is 17.6. The molecule has 5 heteroatoms. The molecule has 0 saturated heterocycles. The molecule has 2 N–H and O–H groups in total. The third-order valence-corrected chi connectivity index (χ3v) is 4.51. The molecule has 25 heavy (non-hydrogen) atoms.